The second kappa shape index (κ2) is 4.91. The first-order valence-electron chi connectivity index (χ1n) is 4.33. The number of hydrogen-bond acceptors (Lipinski definition) is 1. The molecule has 68 valence electrons. The van der Waals surface area contributed by atoms with Gasteiger partial charge in [0.05, 0.1) is 0 Å². The smallest absolute Gasteiger partial charge is 0.0301 e. The van der Waals surface area contributed by atoms with Crippen LogP contribution in [0.5, 0.6) is 0 Å². The van der Waals surface area contributed by atoms with Crippen molar-refractivity contribution in [3.05, 3.63) is 23.9 Å². The Labute approximate surface area is 75.9 Å². The second-order valence-corrected chi connectivity index (χ2v) is 3.74. The maximum absolute atomic E-state index is 4.12. The van der Waals surface area contributed by atoms with Crippen molar-refractivity contribution in [3.8, 4) is 0 Å². The first-order valence-corrected chi connectivity index (χ1v) is 4.33. The molecule has 0 atom stereocenters. The molecular weight excluding hydrogens is 146 g/mol. The van der Waals surface area contributed by atoms with Crippen LogP contribution in [-0.2, 0) is 0 Å². The largest absolute Gasteiger partial charge is 0.269 e. The monoisotopic (exact) mass is 165 g/mol. The zero-order valence-corrected chi connectivity index (χ0v) is 8.76. The molecule has 0 aliphatic rings. The summed E-state index contributed by atoms with van der Waals surface area (Å²) in [6, 6.07) is 0. The standard InChI is InChI=1S/C11H19N/c1-6-8-10(9-12-7-2)11(3,4)5/h6-9H,1-5H3/b8-6-,10-9+,12-7?. The molecule has 0 saturated carbocycles. The van der Waals surface area contributed by atoms with Gasteiger partial charge < -0.3 is 0 Å². The van der Waals surface area contributed by atoms with Crippen LogP contribution in [0.1, 0.15) is 34.6 Å². The molecule has 0 amide bonds. The van der Waals surface area contributed by atoms with Crippen molar-refractivity contribution < 1.29 is 0 Å². The highest BCUT2D eigenvalue weighted by molar-refractivity contribution is 5.54. The molecule has 0 aromatic heterocycles. The lowest BCUT2D eigenvalue weighted by Gasteiger charge is -2.19. The van der Waals surface area contributed by atoms with Crippen LogP contribution in [0.15, 0.2) is 28.9 Å². The minimum Gasteiger partial charge on any atom is -0.269 e. The van der Waals surface area contributed by atoms with Crippen molar-refractivity contribution >= 4 is 6.21 Å². The van der Waals surface area contributed by atoms with Crippen molar-refractivity contribution in [2.75, 3.05) is 0 Å². The quantitative estimate of drug-likeness (QED) is 0.438. The van der Waals surface area contributed by atoms with Crippen LogP contribution < -0.4 is 0 Å². The van der Waals surface area contributed by atoms with E-state index in [1.807, 2.05) is 26.1 Å². The van der Waals surface area contributed by atoms with E-state index < -0.39 is 0 Å². The SMILES string of the molecule is CC=N/C=C(\C=C/C)C(C)(C)C. The van der Waals surface area contributed by atoms with Crippen molar-refractivity contribution in [3.63, 3.8) is 0 Å². The number of hydrogen-bond donors (Lipinski definition) is 0. The van der Waals surface area contributed by atoms with E-state index in [0.29, 0.717) is 0 Å². The summed E-state index contributed by atoms with van der Waals surface area (Å²) in [4.78, 5) is 4.12. The van der Waals surface area contributed by atoms with E-state index in [0.717, 1.165) is 0 Å². The molecular formula is C11H19N. The molecule has 1 heteroatoms. The predicted molar refractivity (Wildman–Crippen MR) is 56.5 cm³/mol. The lowest BCUT2D eigenvalue weighted by atomic mass is 9.87. The van der Waals surface area contributed by atoms with Crippen molar-refractivity contribution in [1.29, 1.82) is 0 Å². The topological polar surface area (TPSA) is 12.4 Å². The van der Waals surface area contributed by atoms with Gasteiger partial charge in [-0.25, -0.2) is 0 Å². The molecule has 0 aromatic rings. The van der Waals surface area contributed by atoms with Gasteiger partial charge in [-0.05, 0) is 24.8 Å². The minimum atomic E-state index is 0.180. The highest BCUT2D eigenvalue weighted by Gasteiger charge is 2.13. The maximum atomic E-state index is 4.12. The Morgan fingerprint density at radius 1 is 1.17 bits per heavy atom. The molecule has 0 unspecified atom stereocenters. The molecule has 0 aromatic carbocycles. The number of rotatable bonds is 2. The van der Waals surface area contributed by atoms with E-state index in [9.17, 15) is 0 Å². The molecule has 0 radical (unpaired) electrons. The van der Waals surface area contributed by atoms with Crippen molar-refractivity contribution in [2.24, 2.45) is 10.4 Å². The third-order valence-corrected chi connectivity index (χ3v) is 1.57. The highest BCUT2D eigenvalue weighted by Crippen LogP contribution is 2.25. The molecule has 0 saturated heterocycles. The summed E-state index contributed by atoms with van der Waals surface area (Å²) in [6.07, 6.45) is 7.87. The van der Waals surface area contributed by atoms with E-state index in [4.69, 9.17) is 0 Å². The van der Waals surface area contributed by atoms with E-state index in [1.165, 1.54) is 5.57 Å². The Kier molecular flexibility index (Phi) is 4.57. The van der Waals surface area contributed by atoms with Crippen molar-refractivity contribution in [1.82, 2.24) is 0 Å². The van der Waals surface area contributed by atoms with E-state index in [-0.39, 0.29) is 5.41 Å². The Balaban J connectivity index is 4.67. The molecule has 0 aliphatic carbocycles. The first-order chi connectivity index (χ1) is 5.52. The summed E-state index contributed by atoms with van der Waals surface area (Å²) in [6.45, 7) is 10.5. The van der Waals surface area contributed by atoms with Gasteiger partial charge in [-0.2, -0.15) is 0 Å². The number of aliphatic imine (C=N–C) groups is 1. The summed E-state index contributed by atoms with van der Waals surface area (Å²) in [7, 11) is 0. The van der Waals surface area contributed by atoms with Gasteiger partial charge in [0.2, 0.25) is 0 Å². The minimum absolute atomic E-state index is 0.180. The average molecular weight is 165 g/mol. The summed E-state index contributed by atoms with van der Waals surface area (Å²) in [5.74, 6) is 0. The molecule has 12 heavy (non-hydrogen) atoms. The fourth-order valence-corrected chi connectivity index (χ4v) is 0.821. The summed E-state index contributed by atoms with van der Waals surface area (Å²) in [5.41, 5.74) is 1.43. The van der Waals surface area contributed by atoms with Gasteiger partial charge in [-0.1, -0.05) is 32.9 Å². The zero-order chi connectivity index (χ0) is 9.61. The lowest BCUT2D eigenvalue weighted by Crippen LogP contribution is -2.07. The first kappa shape index (κ1) is 11.2. The van der Waals surface area contributed by atoms with Gasteiger partial charge in [0.25, 0.3) is 0 Å². The zero-order valence-electron chi connectivity index (χ0n) is 8.76. The Morgan fingerprint density at radius 3 is 2.08 bits per heavy atom. The van der Waals surface area contributed by atoms with Gasteiger partial charge in [-0.3, -0.25) is 4.99 Å². The van der Waals surface area contributed by atoms with Crippen molar-refractivity contribution in [2.45, 2.75) is 34.6 Å². The Bertz CT molecular complexity index is 202. The van der Waals surface area contributed by atoms with E-state index in [2.05, 4.69) is 31.8 Å². The van der Waals surface area contributed by atoms with E-state index >= 15 is 0 Å². The summed E-state index contributed by atoms with van der Waals surface area (Å²) < 4.78 is 0. The van der Waals surface area contributed by atoms with Crippen LogP contribution in [0, 0.1) is 5.41 Å². The van der Waals surface area contributed by atoms with Crippen LogP contribution in [0.3, 0.4) is 0 Å². The van der Waals surface area contributed by atoms with Crippen LogP contribution in [0.2, 0.25) is 0 Å². The predicted octanol–water partition coefficient (Wildman–Crippen LogP) is 3.58. The molecule has 0 rings (SSSR count). The Hall–Kier alpha value is -0.850. The van der Waals surface area contributed by atoms with Gasteiger partial charge in [-0.15, -0.1) is 0 Å². The number of allylic oxidation sites excluding steroid dienone is 3. The van der Waals surface area contributed by atoms with Crippen LogP contribution >= 0.6 is 0 Å². The molecule has 1 nitrogen and oxygen atoms in total. The molecule has 0 aliphatic heterocycles. The highest BCUT2D eigenvalue weighted by atomic mass is 14.7. The van der Waals surface area contributed by atoms with E-state index in [1.54, 1.807) is 6.21 Å². The molecule has 0 bridgehead atoms. The third-order valence-electron chi connectivity index (χ3n) is 1.57. The second-order valence-electron chi connectivity index (χ2n) is 3.74. The van der Waals surface area contributed by atoms with Crippen LogP contribution in [-0.4, -0.2) is 6.21 Å². The van der Waals surface area contributed by atoms with Gasteiger partial charge in [0, 0.05) is 12.4 Å². The summed E-state index contributed by atoms with van der Waals surface area (Å²) >= 11 is 0. The molecule has 0 N–H and O–H groups in total. The van der Waals surface area contributed by atoms with Gasteiger partial charge in [0.15, 0.2) is 0 Å². The molecule has 0 heterocycles. The Morgan fingerprint density at radius 2 is 1.75 bits per heavy atom. The average Bonchev–Trinajstić information content (AvgIpc) is 1.95. The number of nitrogens with zero attached hydrogens (tertiary/aromatic N) is 1. The van der Waals surface area contributed by atoms with Gasteiger partial charge in [0.1, 0.15) is 0 Å². The summed E-state index contributed by atoms with van der Waals surface area (Å²) in [5, 5.41) is 0. The molecule has 0 fully saturated rings. The third kappa shape index (κ3) is 4.12. The fourth-order valence-electron chi connectivity index (χ4n) is 0.821. The van der Waals surface area contributed by atoms with Crippen LogP contribution in [0.4, 0.5) is 0 Å². The maximum Gasteiger partial charge on any atom is 0.0301 e. The lowest BCUT2D eigenvalue weighted by molar-refractivity contribution is 0.516. The van der Waals surface area contributed by atoms with Crippen LogP contribution in [0.25, 0.3) is 0 Å². The fraction of sp³-hybridized carbons (Fsp3) is 0.545. The molecule has 0 spiro atoms. The van der Waals surface area contributed by atoms with Gasteiger partial charge >= 0.3 is 0 Å². The normalized spacial score (nSPS) is 14.9.